The van der Waals surface area contributed by atoms with Crippen LogP contribution in [0.25, 0.3) is 0 Å². The normalized spacial score (nSPS) is 21.9. The van der Waals surface area contributed by atoms with E-state index in [0.717, 1.165) is 4.88 Å². The minimum atomic E-state index is -0.984. The number of rotatable bonds is 3. The Bertz CT molecular complexity index is 404. The lowest BCUT2D eigenvalue weighted by molar-refractivity contribution is -0.141. The van der Waals surface area contributed by atoms with Gasteiger partial charge in [0.2, 0.25) is 0 Å². The van der Waals surface area contributed by atoms with Gasteiger partial charge in [0.05, 0.1) is 6.04 Å². The second-order valence-corrected chi connectivity index (χ2v) is 4.66. The zero-order chi connectivity index (χ0) is 11.7. The fraction of sp³-hybridized carbons (Fsp3) is 0.400. The Kier molecular flexibility index (Phi) is 2.82. The van der Waals surface area contributed by atoms with Crippen LogP contribution in [0.15, 0.2) is 17.5 Å². The smallest absolute Gasteiger partial charge is 0.326 e. The molecule has 6 heteroatoms. The number of carboxylic acids is 1. The summed E-state index contributed by atoms with van der Waals surface area (Å²) in [4.78, 5) is 24.8. The number of carbonyl (C=O) groups is 2. The maximum atomic E-state index is 11.6. The maximum absolute atomic E-state index is 11.6. The second kappa shape index (κ2) is 4.13. The molecule has 1 aliphatic rings. The quantitative estimate of drug-likeness (QED) is 0.836. The van der Waals surface area contributed by atoms with E-state index in [-0.39, 0.29) is 12.1 Å². The lowest BCUT2D eigenvalue weighted by atomic mass is 10.2. The summed E-state index contributed by atoms with van der Waals surface area (Å²) in [5.74, 6) is -0.984. The van der Waals surface area contributed by atoms with Crippen molar-refractivity contribution in [1.82, 2.24) is 10.2 Å². The Balaban J connectivity index is 2.10. The standard InChI is InChI=1S/C10H12N2O3S/c1-6(9(13)14)12-5-7(11-10(12)15)8-3-2-4-16-8/h2-4,6-7H,5H2,1H3,(H,11,15)(H,13,14). The fourth-order valence-electron chi connectivity index (χ4n) is 1.68. The minimum Gasteiger partial charge on any atom is -0.480 e. The van der Waals surface area contributed by atoms with Crippen LogP contribution in [0.5, 0.6) is 0 Å². The average Bonchev–Trinajstić information content (AvgIpc) is 2.84. The van der Waals surface area contributed by atoms with Gasteiger partial charge in [0, 0.05) is 11.4 Å². The van der Waals surface area contributed by atoms with Gasteiger partial charge in [0.1, 0.15) is 6.04 Å². The van der Waals surface area contributed by atoms with Crippen LogP contribution in [0, 0.1) is 0 Å². The van der Waals surface area contributed by atoms with Crippen LogP contribution in [0.4, 0.5) is 4.79 Å². The number of carbonyl (C=O) groups excluding carboxylic acids is 1. The van der Waals surface area contributed by atoms with Crippen molar-refractivity contribution in [2.75, 3.05) is 6.54 Å². The van der Waals surface area contributed by atoms with E-state index in [2.05, 4.69) is 5.32 Å². The van der Waals surface area contributed by atoms with Gasteiger partial charge in [-0.25, -0.2) is 9.59 Å². The summed E-state index contributed by atoms with van der Waals surface area (Å²) in [7, 11) is 0. The van der Waals surface area contributed by atoms with Crippen LogP contribution >= 0.6 is 11.3 Å². The van der Waals surface area contributed by atoms with Crippen molar-refractivity contribution in [2.24, 2.45) is 0 Å². The Labute approximate surface area is 96.7 Å². The highest BCUT2D eigenvalue weighted by molar-refractivity contribution is 7.10. The molecule has 2 unspecified atom stereocenters. The van der Waals surface area contributed by atoms with Crippen molar-refractivity contribution >= 4 is 23.3 Å². The van der Waals surface area contributed by atoms with Crippen molar-refractivity contribution in [2.45, 2.75) is 19.0 Å². The van der Waals surface area contributed by atoms with Crippen molar-refractivity contribution < 1.29 is 14.7 Å². The van der Waals surface area contributed by atoms with Crippen LogP contribution in [0.1, 0.15) is 17.8 Å². The van der Waals surface area contributed by atoms with Crippen LogP contribution in [0.2, 0.25) is 0 Å². The molecule has 86 valence electrons. The average molecular weight is 240 g/mol. The van der Waals surface area contributed by atoms with Gasteiger partial charge in [-0.05, 0) is 18.4 Å². The van der Waals surface area contributed by atoms with Crippen LogP contribution < -0.4 is 5.32 Å². The molecule has 2 N–H and O–H groups in total. The first kappa shape index (κ1) is 10.9. The van der Waals surface area contributed by atoms with Crippen LogP contribution in [0.3, 0.4) is 0 Å². The second-order valence-electron chi connectivity index (χ2n) is 3.68. The first-order chi connectivity index (χ1) is 7.59. The summed E-state index contributed by atoms with van der Waals surface area (Å²) >= 11 is 1.56. The van der Waals surface area contributed by atoms with Gasteiger partial charge in [-0.2, -0.15) is 0 Å². The molecule has 16 heavy (non-hydrogen) atoms. The van der Waals surface area contributed by atoms with Crippen LogP contribution in [-0.2, 0) is 4.79 Å². The molecule has 1 aliphatic heterocycles. The van der Waals surface area contributed by atoms with E-state index in [0.29, 0.717) is 6.54 Å². The predicted octanol–water partition coefficient (Wildman–Crippen LogP) is 1.29. The number of hydrogen-bond acceptors (Lipinski definition) is 3. The highest BCUT2D eigenvalue weighted by Crippen LogP contribution is 2.25. The summed E-state index contributed by atoms with van der Waals surface area (Å²) in [5.41, 5.74) is 0. The molecule has 0 radical (unpaired) electrons. The van der Waals surface area contributed by atoms with Gasteiger partial charge in [0.25, 0.3) is 0 Å². The molecule has 1 aromatic heterocycles. The lowest BCUT2D eigenvalue weighted by Gasteiger charge is -2.18. The number of amides is 2. The molecule has 5 nitrogen and oxygen atoms in total. The number of carboxylic acid groups (broad SMARTS) is 1. The predicted molar refractivity (Wildman–Crippen MR) is 59.4 cm³/mol. The third kappa shape index (κ3) is 1.88. The van der Waals surface area contributed by atoms with E-state index < -0.39 is 12.0 Å². The third-order valence-corrected chi connectivity index (χ3v) is 3.64. The van der Waals surface area contributed by atoms with Gasteiger partial charge in [0.15, 0.2) is 0 Å². The topological polar surface area (TPSA) is 69.6 Å². The number of urea groups is 1. The highest BCUT2D eigenvalue weighted by atomic mass is 32.1. The summed E-state index contributed by atoms with van der Waals surface area (Å²) in [5, 5.41) is 13.6. The van der Waals surface area contributed by atoms with Crippen molar-refractivity contribution in [1.29, 1.82) is 0 Å². The molecular weight excluding hydrogens is 228 g/mol. The molecule has 1 fully saturated rings. The molecule has 2 atom stereocenters. The SMILES string of the molecule is CC(C(=O)O)N1CC(c2cccs2)NC1=O. The number of nitrogens with zero attached hydrogens (tertiary/aromatic N) is 1. The van der Waals surface area contributed by atoms with E-state index in [4.69, 9.17) is 5.11 Å². The molecule has 1 saturated heterocycles. The summed E-state index contributed by atoms with van der Waals surface area (Å²) in [6.45, 7) is 1.92. The molecule has 2 rings (SSSR count). The summed E-state index contributed by atoms with van der Waals surface area (Å²) < 4.78 is 0. The number of thiophene rings is 1. The first-order valence-electron chi connectivity index (χ1n) is 4.93. The lowest BCUT2D eigenvalue weighted by Crippen LogP contribution is -2.40. The fourth-order valence-corrected chi connectivity index (χ4v) is 2.44. The maximum Gasteiger partial charge on any atom is 0.326 e. The molecule has 0 aromatic carbocycles. The Morgan fingerprint density at radius 2 is 2.50 bits per heavy atom. The number of aliphatic carboxylic acids is 1. The van der Waals surface area contributed by atoms with Gasteiger partial charge < -0.3 is 15.3 Å². The third-order valence-electron chi connectivity index (χ3n) is 2.65. The molecule has 0 spiro atoms. The Morgan fingerprint density at radius 3 is 3.06 bits per heavy atom. The molecule has 0 aliphatic carbocycles. The monoisotopic (exact) mass is 240 g/mol. The molecular formula is C10H12N2O3S. The Morgan fingerprint density at radius 1 is 1.75 bits per heavy atom. The van der Waals surface area contributed by atoms with Gasteiger partial charge in [-0.1, -0.05) is 6.07 Å². The molecule has 1 aromatic rings. The molecule has 2 heterocycles. The van der Waals surface area contributed by atoms with Gasteiger partial charge in [-0.3, -0.25) is 0 Å². The van der Waals surface area contributed by atoms with E-state index >= 15 is 0 Å². The zero-order valence-corrected chi connectivity index (χ0v) is 9.53. The number of nitrogens with one attached hydrogen (secondary N) is 1. The number of hydrogen-bond donors (Lipinski definition) is 2. The van der Waals surface area contributed by atoms with E-state index in [1.165, 1.54) is 11.8 Å². The largest absolute Gasteiger partial charge is 0.480 e. The zero-order valence-electron chi connectivity index (χ0n) is 8.71. The minimum absolute atomic E-state index is 0.0886. The molecule has 0 bridgehead atoms. The van der Waals surface area contributed by atoms with Crippen LogP contribution in [-0.4, -0.2) is 34.6 Å². The van der Waals surface area contributed by atoms with E-state index in [1.54, 1.807) is 11.3 Å². The van der Waals surface area contributed by atoms with Crippen molar-refractivity contribution in [3.05, 3.63) is 22.4 Å². The van der Waals surface area contributed by atoms with Gasteiger partial charge >= 0.3 is 12.0 Å². The highest BCUT2D eigenvalue weighted by Gasteiger charge is 2.35. The molecule has 0 saturated carbocycles. The Hall–Kier alpha value is -1.56. The molecule has 2 amide bonds. The van der Waals surface area contributed by atoms with E-state index in [9.17, 15) is 9.59 Å². The van der Waals surface area contributed by atoms with Crippen molar-refractivity contribution in [3.63, 3.8) is 0 Å². The van der Waals surface area contributed by atoms with Gasteiger partial charge in [-0.15, -0.1) is 11.3 Å². The summed E-state index contributed by atoms with van der Waals surface area (Å²) in [6.07, 6.45) is 0. The summed E-state index contributed by atoms with van der Waals surface area (Å²) in [6, 6.07) is 2.66. The van der Waals surface area contributed by atoms with E-state index in [1.807, 2.05) is 17.5 Å². The first-order valence-corrected chi connectivity index (χ1v) is 5.81. The van der Waals surface area contributed by atoms with Crippen molar-refractivity contribution in [3.8, 4) is 0 Å².